The van der Waals surface area contributed by atoms with Crippen LogP contribution in [0.25, 0.3) is 5.57 Å². The van der Waals surface area contributed by atoms with Gasteiger partial charge in [0.05, 0.1) is 0 Å². The fourth-order valence-electron chi connectivity index (χ4n) is 3.74. The molecule has 9 heteroatoms. The maximum Gasteiger partial charge on any atom is 0.433 e. The van der Waals surface area contributed by atoms with Crippen molar-refractivity contribution in [2.24, 2.45) is 7.05 Å². The number of aromatic nitrogens is 3. The highest BCUT2D eigenvalue weighted by molar-refractivity contribution is 5.86. The minimum absolute atomic E-state index is 0.142. The van der Waals surface area contributed by atoms with Crippen molar-refractivity contribution in [3.8, 4) is 11.8 Å². The first-order valence-corrected chi connectivity index (χ1v) is 9.64. The lowest BCUT2D eigenvalue weighted by molar-refractivity contribution is -0.240. The third kappa shape index (κ3) is 3.42. The predicted octanol–water partition coefficient (Wildman–Crippen LogP) is 3.26. The van der Waals surface area contributed by atoms with Gasteiger partial charge in [0.1, 0.15) is 0 Å². The Morgan fingerprint density at radius 3 is 2.44 bits per heavy atom. The maximum absolute atomic E-state index is 13.9. The molecule has 4 rings (SSSR count). The number of allylic oxidation sites excluding steroid dienone is 1. The van der Waals surface area contributed by atoms with Gasteiger partial charge in [-0.3, -0.25) is 4.79 Å². The van der Waals surface area contributed by atoms with Gasteiger partial charge in [0.25, 0.3) is 5.56 Å². The largest absolute Gasteiger partial charge is 0.433 e. The lowest BCUT2D eigenvalue weighted by Crippen LogP contribution is -2.41. The average Bonchev–Trinajstić information content (AvgIpc) is 3.32. The van der Waals surface area contributed by atoms with Gasteiger partial charge in [-0.2, -0.15) is 13.2 Å². The van der Waals surface area contributed by atoms with E-state index in [1.165, 1.54) is 29.9 Å². The summed E-state index contributed by atoms with van der Waals surface area (Å²) in [6.45, 7) is 3.39. The molecule has 1 aliphatic carbocycles. The molecule has 0 radical (unpaired) electrons. The quantitative estimate of drug-likeness (QED) is 0.618. The Labute approximate surface area is 181 Å². The third-order valence-corrected chi connectivity index (χ3v) is 5.31. The summed E-state index contributed by atoms with van der Waals surface area (Å²) in [6, 6.07) is 6.63. The Kier molecular flexibility index (Phi) is 5.06. The number of hydrogen-bond donors (Lipinski definition) is 1. The summed E-state index contributed by atoms with van der Waals surface area (Å²) >= 11 is 0. The van der Waals surface area contributed by atoms with Crippen molar-refractivity contribution in [2.75, 3.05) is 0 Å². The zero-order valence-electron chi connectivity index (χ0n) is 17.4. The molecule has 0 bridgehead atoms. The summed E-state index contributed by atoms with van der Waals surface area (Å²) in [5.41, 5.74) is -2.01. The number of halogens is 3. The van der Waals surface area contributed by atoms with Crippen molar-refractivity contribution in [3.05, 3.63) is 86.5 Å². The molecule has 164 valence electrons. The summed E-state index contributed by atoms with van der Waals surface area (Å²) < 4.78 is 48.4. The number of hydrogen-bond acceptors (Lipinski definition) is 5. The highest BCUT2D eigenvalue weighted by Crippen LogP contribution is 2.40. The van der Waals surface area contributed by atoms with Gasteiger partial charge < -0.3 is 14.1 Å². The van der Waals surface area contributed by atoms with E-state index in [1.807, 2.05) is 5.92 Å². The fraction of sp³-hybridized carbons (Fsp3) is 0.261. The highest BCUT2D eigenvalue weighted by Gasteiger charge is 2.54. The van der Waals surface area contributed by atoms with Crippen molar-refractivity contribution in [1.29, 1.82) is 0 Å². The van der Waals surface area contributed by atoms with Crippen molar-refractivity contribution < 1.29 is 22.7 Å². The Morgan fingerprint density at radius 1 is 1.16 bits per heavy atom. The first-order valence-electron chi connectivity index (χ1n) is 9.64. The van der Waals surface area contributed by atoms with Gasteiger partial charge in [0.2, 0.25) is 17.4 Å². The second-order valence-corrected chi connectivity index (χ2v) is 7.59. The molecule has 6 nitrogen and oxygen atoms in total. The first-order chi connectivity index (χ1) is 15.0. The monoisotopic (exact) mass is 441 g/mol. The van der Waals surface area contributed by atoms with Crippen LogP contribution in [-0.2, 0) is 19.1 Å². The molecule has 0 fully saturated rings. The molecule has 0 amide bonds. The number of alkyl halides is 3. The zero-order chi connectivity index (χ0) is 23.3. The van der Waals surface area contributed by atoms with Crippen LogP contribution in [-0.4, -0.2) is 26.0 Å². The van der Waals surface area contributed by atoms with Crippen LogP contribution in [0.1, 0.15) is 41.0 Å². The predicted molar refractivity (Wildman–Crippen MR) is 109 cm³/mol. The van der Waals surface area contributed by atoms with Gasteiger partial charge in [0.15, 0.2) is 0 Å². The van der Waals surface area contributed by atoms with Crippen LogP contribution in [0.4, 0.5) is 13.2 Å². The van der Waals surface area contributed by atoms with Crippen molar-refractivity contribution in [3.63, 3.8) is 0 Å². The summed E-state index contributed by atoms with van der Waals surface area (Å²) in [5, 5.41) is 18.4. The van der Waals surface area contributed by atoms with Gasteiger partial charge in [-0.15, -0.1) is 10.2 Å². The molecule has 1 aliphatic rings. The molecule has 0 spiro atoms. The van der Waals surface area contributed by atoms with Gasteiger partial charge in [-0.1, -0.05) is 41.8 Å². The molecule has 3 aromatic rings. The van der Waals surface area contributed by atoms with Crippen LogP contribution in [0, 0.1) is 18.8 Å². The van der Waals surface area contributed by atoms with E-state index >= 15 is 0 Å². The third-order valence-electron chi connectivity index (χ3n) is 5.31. The number of rotatable bonds is 2. The molecule has 2 heterocycles. The van der Waals surface area contributed by atoms with Crippen LogP contribution >= 0.6 is 0 Å². The number of aryl methyl sites for hydroxylation is 2. The Balaban J connectivity index is 1.95. The lowest BCUT2D eigenvalue weighted by Gasteiger charge is -2.25. The minimum atomic E-state index is -5.05. The Bertz CT molecular complexity index is 1360. The lowest BCUT2D eigenvalue weighted by atomic mass is 9.92. The number of benzene rings is 1. The molecule has 1 unspecified atom stereocenters. The van der Waals surface area contributed by atoms with Gasteiger partial charge in [0, 0.05) is 54.4 Å². The number of fused-ring (bicyclic) bond motifs is 1. The standard InChI is InChI=1S/C23H18F3N3O3/c1-13-11-17-19(18(13)20-28-27-14(2)32-20)15(12-29(3)21(17)30)9-10-22(31,23(24,25)26)16-7-5-4-6-8-16/h4-8,12,31H,11H2,1-3H3. The Hall–Kier alpha value is -3.64. The number of pyridine rings is 1. The van der Waals surface area contributed by atoms with Crippen LogP contribution in [0.3, 0.4) is 0 Å². The van der Waals surface area contributed by atoms with E-state index in [0.717, 1.165) is 17.7 Å². The van der Waals surface area contributed by atoms with Gasteiger partial charge >= 0.3 is 6.18 Å². The zero-order valence-corrected chi connectivity index (χ0v) is 17.4. The SMILES string of the molecule is CC1=C(c2nnc(C)o2)c2c(C#CC(O)(c3ccccc3)C(F)(F)F)cn(C)c(=O)c2C1. The van der Waals surface area contributed by atoms with Crippen molar-refractivity contribution in [2.45, 2.75) is 32.0 Å². The van der Waals surface area contributed by atoms with E-state index in [9.17, 15) is 23.1 Å². The van der Waals surface area contributed by atoms with Gasteiger partial charge in [-0.05, 0) is 12.8 Å². The average molecular weight is 441 g/mol. The van der Waals surface area contributed by atoms with Gasteiger partial charge in [-0.25, -0.2) is 0 Å². The van der Waals surface area contributed by atoms with E-state index in [0.29, 0.717) is 22.6 Å². The minimum Gasteiger partial charge on any atom is -0.421 e. The van der Waals surface area contributed by atoms with Crippen LogP contribution < -0.4 is 5.56 Å². The number of nitrogens with zero attached hydrogens (tertiary/aromatic N) is 3. The summed E-state index contributed by atoms with van der Waals surface area (Å²) in [5.74, 6) is 4.96. The normalized spacial score (nSPS) is 15.2. The maximum atomic E-state index is 13.9. The van der Waals surface area contributed by atoms with E-state index in [4.69, 9.17) is 4.42 Å². The van der Waals surface area contributed by atoms with Crippen molar-refractivity contribution >= 4 is 5.57 Å². The second kappa shape index (κ2) is 7.50. The molecule has 1 N–H and O–H groups in total. The van der Waals surface area contributed by atoms with E-state index in [-0.39, 0.29) is 23.4 Å². The summed E-state index contributed by atoms with van der Waals surface area (Å²) in [7, 11) is 1.49. The molecule has 0 saturated heterocycles. The number of aliphatic hydroxyl groups is 1. The van der Waals surface area contributed by atoms with E-state index < -0.39 is 17.3 Å². The smallest absolute Gasteiger partial charge is 0.421 e. The summed E-state index contributed by atoms with van der Waals surface area (Å²) in [4.78, 5) is 12.7. The molecule has 1 aromatic carbocycles. The van der Waals surface area contributed by atoms with Crippen molar-refractivity contribution in [1.82, 2.24) is 14.8 Å². The first kappa shape index (κ1) is 21.6. The van der Waals surface area contributed by atoms with Crippen LogP contribution in [0.5, 0.6) is 0 Å². The van der Waals surface area contributed by atoms with E-state index in [1.54, 1.807) is 19.9 Å². The highest BCUT2D eigenvalue weighted by atomic mass is 19.4. The fourth-order valence-corrected chi connectivity index (χ4v) is 3.74. The van der Waals surface area contributed by atoms with Crippen LogP contribution in [0.2, 0.25) is 0 Å². The van der Waals surface area contributed by atoms with Crippen LogP contribution in [0.15, 0.2) is 51.3 Å². The van der Waals surface area contributed by atoms with E-state index in [2.05, 4.69) is 16.1 Å². The molecule has 1 atom stereocenters. The molecule has 2 aromatic heterocycles. The Morgan fingerprint density at radius 2 is 1.84 bits per heavy atom. The topological polar surface area (TPSA) is 81.2 Å². The summed E-state index contributed by atoms with van der Waals surface area (Å²) in [6.07, 6.45) is -3.43. The molecular weight excluding hydrogens is 423 g/mol. The molecule has 32 heavy (non-hydrogen) atoms. The molecule has 0 aliphatic heterocycles. The second-order valence-electron chi connectivity index (χ2n) is 7.59. The molecular formula is C23H18F3N3O3. The molecule has 0 saturated carbocycles.